The lowest BCUT2D eigenvalue weighted by Gasteiger charge is -2.28. The van der Waals surface area contributed by atoms with Crippen LogP contribution in [0.3, 0.4) is 0 Å². The van der Waals surface area contributed by atoms with Crippen LogP contribution in [0.2, 0.25) is 0 Å². The monoisotopic (exact) mass is 208 g/mol. The predicted molar refractivity (Wildman–Crippen MR) is 61.7 cm³/mol. The Morgan fingerprint density at radius 2 is 2.13 bits per heavy atom. The van der Waals surface area contributed by atoms with Gasteiger partial charge in [0.15, 0.2) is 0 Å². The molecular formula is C12H20N2O. The van der Waals surface area contributed by atoms with Gasteiger partial charge in [-0.3, -0.25) is 4.98 Å². The highest BCUT2D eigenvalue weighted by molar-refractivity contribution is 5.25. The first kappa shape index (κ1) is 12.1. The highest BCUT2D eigenvalue weighted by Gasteiger charge is 2.19. The molecule has 0 aliphatic rings. The van der Waals surface area contributed by atoms with Gasteiger partial charge in [-0.15, -0.1) is 0 Å². The second-order valence-corrected chi connectivity index (χ2v) is 4.86. The van der Waals surface area contributed by atoms with Gasteiger partial charge in [0, 0.05) is 17.9 Å². The summed E-state index contributed by atoms with van der Waals surface area (Å²) in [6, 6.07) is 1.93. The number of pyridine rings is 1. The van der Waals surface area contributed by atoms with Gasteiger partial charge >= 0.3 is 0 Å². The summed E-state index contributed by atoms with van der Waals surface area (Å²) < 4.78 is 0. The molecule has 0 amide bonds. The first-order chi connectivity index (χ1) is 6.94. The second-order valence-electron chi connectivity index (χ2n) is 4.86. The Labute approximate surface area is 91.5 Å². The van der Waals surface area contributed by atoms with Gasteiger partial charge in [0.1, 0.15) is 0 Å². The molecule has 0 saturated heterocycles. The molecule has 2 N–H and O–H groups in total. The molecule has 0 spiro atoms. The molecule has 1 atom stereocenters. The van der Waals surface area contributed by atoms with Crippen LogP contribution in [0.15, 0.2) is 18.5 Å². The Kier molecular flexibility index (Phi) is 3.83. The fourth-order valence-corrected chi connectivity index (χ4v) is 1.62. The van der Waals surface area contributed by atoms with Crippen molar-refractivity contribution < 1.29 is 5.11 Å². The fourth-order valence-electron chi connectivity index (χ4n) is 1.62. The molecule has 3 nitrogen and oxygen atoms in total. The van der Waals surface area contributed by atoms with Crippen LogP contribution in [0, 0.1) is 6.92 Å². The quantitative estimate of drug-likeness (QED) is 0.796. The van der Waals surface area contributed by atoms with E-state index in [1.807, 2.05) is 19.2 Å². The van der Waals surface area contributed by atoms with Crippen molar-refractivity contribution >= 4 is 0 Å². The minimum atomic E-state index is -0.0204. The molecule has 0 aromatic carbocycles. The third kappa shape index (κ3) is 3.61. The molecule has 0 aliphatic heterocycles. The Bertz CT molecular complexity index is 318. The van der Waals surface area contributed by atoms with Gasteiger partial charge in [0.2, 0.25) is 0 Å². The number of nitrogens with zero attached hydrogens (tertiary/aromatic N) is 1. The minimum absolute atomic E-state index is 0.0108. The number of hydrogen-bond donors (Lipinski definition) is 2. The maximum Gasteiger partial charge on any atom is 0.0626 e. The molecule has 0 aliphatic carbocycles. The summed E-state index contributed by atoms with van der Waals surface area (Å²) in [7, 11) is 0. The fraction of sp³-hybridized carbons (Fsp3) is 0.583. The molecule has 84 valence electrons. The summed E-state index contributed by atoms with van der Waals surface area (Å²) in [5.74, 6) is 0. The van der Waals surface area contributed by atoms with E-state index in [9.17, 15) is 5.11 Å². The SMILES string of the molecule is Cc1cnccc1[C@H](CO)NC(C)(C)C. The molecule has 15 heavy (non-hydrogen) atoms. The Hall–Kier alpha value is -0.930. The van der Waals surface area contributed by atoms with Gasteiger partial charge < -0.3 is 10.4 Å². The van der Waals surface area contributed by atoms with E-state index < -0.39 is 0 Å². The Morgan fingerprint density at radius 1 is 1.47 bits per heavy atom. The van der Waals surface area contributed by atoms with Gasteiger partial charge in [0.05, 0.1) is 12.6 Å². The van der Waals surface area contributed by atoms with Crippen molar-refractivity contribution in [2.45, 2.75) is 39.3 Å². The van der Waals surface area contributed by atoms with Gasteiger partial charge in [-0.2, -0.15) is 0 Å². The van der Waals surface area contributed by atoms with Crippen LogP contribution in [0.5, 0.6) is 0 Å². The van der Waals surface area contributed by atoms with E-state index >= 15 is 0 Å². The van der Waals surface area contributed by atoms with E-state index in [1.165, 1.54) is 0 Å². The van der Waals surface area contributed by atoms with E-state index in [4.69, 9.17) is 0 Å². The molecule has 1 rings (SSSR count). The maximum atomic E-state index is 9.38. The highest BCUT2D eigenvalue weighted by Crippen LogP contribution is 2.18. The summed E-state index contributed by atoms with van der Waals surface area (Å²) in [5, 5.41) is 12.8. The average Bonchev–Trinajstić information content (AvgIpc) is 2.14. The zero-order valence-electron chi connectivity index (χ0n) is 9.91. The summed E-state index contributed by atoms with van der Waals surface area (Å²) in [6.07, 6.45) is 3.58. The van der Waals surface area contributed by atoms with Crippen LogP contribution in [-0.2, 0) is 0 Å². The summed E-state index contributed by atoms with van der Waals surface area (Å²) in [4.78, 5) is 4.05. The lowest BCUT2D eigenvalue weighted by molar-refractivity contribution is 0.217. The molecule has 1 aromatic heterocycles. The summed E-state index contributed by atoms with van der Waals surface area (Å²) in [5.41, 5.74) is 2.21. The van der Waals surface area contributed by atoms with E-state index in [0.717, 1.165) is 11.1 Å². The summed E-state index contributed by atoms with van der Waals surface area (Å²) in [6.45, 7) is 8.38. The zero-order chi connectivity index (χ0) is 11.5. The number of aliphatic hydroxyl groups is 1. The molecular weight excluding hydrogens is 188 g/mol. The standard InChI is InChI=1S/C12H20N2O/c1-9-7-13-6-5-10(9)11(8-15)14-12(2,3)4/h5-7,11,14-15H,8H2,1-4H3/t11-/m0/s1. The Morgan fingerprint density at radius 3 is 2.60 bits per heavy atom. The van der Waals surface area contributed by atoms with Crippen molar-refractivity contribution in [2.75, 3.05) is 6.61 Å². The van der Waals surface area contributed by atoms with Crippen LogP contribution < -0.4 is 5.32 Å². The number of nitrogens with one attached hydrogen (secondary N) is 1. The Balaban J connectivity index is 2.88. The zero-order valence-corrected chi connectivity index (χ0v) is 9.91. The molecule has 0 saturated carbocycles. The minimum Gasteiger partial charge on any atom is -0.394 e. The lowest BCUT2D eigenvalue weighted by atomic mass is 10.00. The molecule has 1 heterocycles. The van der Waals surface area contributed by atoms with Gasteiger partial charge in [-0.25, -0.2) is 0 Å². The number of rotatable bonds is 3. The van der Waals surface area contributed by atoms with Gasteiger partial charge in [-0.1, -0.05) is 0 Å². The van der Waals surface area contributed by atoms with Crippen LogP contribution >= 0.6 is 0 Å². The highest BCUT2D eigenvalue weighted by atomic mass is 16.3. The third-order valence-corrected chi connectivity index (χ3v) is 2.23. The molecule has 0 bridgehead atoms. The van der Waals surface area contributed by atoms with Crippen LogP contribution in [0.4, 0.5) is 0 Å². The summed E-state index contributed by atoms with van der Waals surface area (Å²) >= 11 is 0. The molecule has 0 fully saturated rings. The van der Waals surface area contributed by atoms with E-state index in [1.54, 1.807) is 6.20 Å². The number of aryl methyl sites for hydroxylation is 1. The first-order valence-corrected chi connectivity index (χ1v) is 5.23. The second kappa shape index (κ2) is 4.73. The van der Waals surface area contributed by atoms with E-state index in [2.05, 4.69) is 31.1 Å². The van der Waals surface area contributed by atoms with Crippen molar-refractivity contribution in [3.05, 3.63) is 29.6 Å². The van der Waals surface area contributed by atoms with Gasteiger partial charge in [0.25, 0.3) is 0 Å². The predicted octanol–water partition coefficient (Wildman–Crippen LogP) is 1.81. The van der Waals surface area contributed by atoms with Crippen LogP contribution in [-0.4, -0.2) is 22.2 Å². The van der Waals surface area contributed by atoms with E-state index in [0.29, 0.717) is 0 Å². The average molecular weight is 208 g/mol. The molecule has 0 unspecified atom stereocenters. The van der Waals surface area contributed by atoms with E-state index in [-0.39, 0.29) is 18.2 Å². The third-order valence-electron chi connectivity index (χ3n) is 2.23. The van der Waals surface area contributed by atoms with Crippen LogP contribution in [0.1, 0.15) is 37.9 Å². The normalized spacial score (nSPS) is 13.9. The molecule has 3 heteroatoms. The number of hydrogen-bond acceptors (Lipinski definition) is 3. The van der Waals surface area contributed by atoms with Crippen LogP contribution in [0.25, 0.3) is 0 Å². The van der Waals surface area contributed by atoms with Crippen molar-refractivity contribution in [3.63, 3.8) is 0 Å². The van der Waals surface area contributed by atoms with Gasteiger partial charge in [-0.05, 0) is 44.9 Å². The molecule has 1 aromatic rings. The number of aliphatic hydroxyl groups excluding tert-OH is 1. The van der Waals surface area contributed by atoms with Crippen molar-refractivity contribution in [2.24, 2.45) is 0 Å². The molecule has 0 radical (unpaired) electrons. The smallest absolute Gasteiger partial charge is 0.0626 e. The first-order valence-electron chi connectivity index (χ1n) is 5.23. The largest absolute Gasteiger partial charge is 0.394 e. The lowest BCUT2D eigenvalue weighted by Crippen LogP contribution is -2.40. The van der Waals surface area contributed by atoms with Crippen molar-refractivity contribution in [1.82, 2.24) is 10.3 Å². The van der Waals surface area contributed by atoms with Crippen molar-refractivity contribution in [3.8, 4) is 0 Å². The van der Waals surface area contributed by atoms with Crippen molar-refractivity contribution in [1.29, 1.82) is 0 Å². The number of aromatic nitrogens is 1. The topological polar surface area (TPSA) is 45.2 Å². The maximum absolute atomic E-state index is 9.38.